The molecule has 9 heteroatoms. The molecule has 3 aromatic heterocycles. The van der Waals surface area contributed by atoms with Crippen LogP contribution in [-0.4, -0.2) is 31.2 Å². The monoisotopic (exact) mass is 467 g/mol. The molecule has 2 aliphatic carbocycles. The maximum atomic E-state index is 13.1. The normalized spacial score (nSPS) is 18.2. The standard InChI is InChI=1S/C23H22FN5OS2/c1-12-2-9-16-17(10-12)32-22-19(16)21-27-28-23(29(21)20(26-22)13-3-4-13)31-11-18(30)25-15-7-5-14(24)6-8-15/h5-8,12-13H,2-4,9-11H2,1H3,(H,25,30). The highest BCUT2D eigenvalue weighted by molar-refractivity contribution is 7.99. The summed E-state index contributed by atoms with van der Waals surface area (Å²) in [6.07, 6.45) is 5.62. The van der Waals surface area contributed by atoms with Crippen molar-refractivity contribution >= 4 is 50.6 Å². The molecule has 32 heavy (non-hydrogen) atoms. The number of thioether (sulfide) groups is 1. The van der Waals surface area contributed by atoms with E-state index in [1.807, 2.05) is 11.3 Å². The molecule has 1 amide bonds. The number of anilines is 1. The number of nitrogens with zero attached hydrogens (tertiary/aromatic N) is 4. The van der Waals surface area contributed by atoms with E-state index in [0.29, 0.717) is 22.7 Å². The zero-order chi connectivity index (χ0) is 21.8. The number of benzene rings is 1. The van der Waals surface area contributed by atoms with Gasteiger partial charge in [-0.2, -0.15) is 0 Å². The van der Waals surface area contributed by atoms with Crippen LogP contribution >= 0.6 is 23.1 Å². The number of carbonyl (C=O) groups is 1. The zero-order valence-electron chi connectivity index (χ0n) is 17.6. The number of fused-ring (bicyclic) bond motifs is 5. The maximum absolute atomic E-state index is 13.1. The van der Waals surface area contributed by atoms with Crippen molar-refractivity contribution in [3.05, 3.63) is 46.3 Å². The topological polar surface area (TPSA) is 72.2 Å². The lowest BCUT2D eigenvalue weighted by Gasteiger charge is -2.17. The minimum absolute atomic E-state index is 0.165. The van der Waals surface area contributed by atoms with E-state index in [1.165, 1.54) is 40.8 Å². The minimum Gasteiger partial charge on any atom is -0.325 e. The first-order valence-electron chi connectivity index (χ1n) is 10.9. The zero-order valence-corrected chi connectivity index (χ0v) is 19.2. The van der Waals surface area contributed by atoms with E-state index in [1.54, 1.807) is 12.1 Å². The summed E-state index contributed by atoms with van der Waals surface area (Å²) in [5, 5.41) is 13.7. The molecule has 6 nitrogen and oxygen atoms in total. The molecule has 1 N–H and O–H groups in total. The molecule has 0 saturated heterocycles. The Kier molecular flexibility index (Phi) is 4.91. The van der Waals surface area contributed by atoms with Gasteiger partial charge in [0.1, 0.15) is 16.5 Å². The van der Waals surface area contributed by atoms with Crippen molar-refractivity contribution in [3.8, 4) is 0 Å². The van der Waals surface area contributed by atoms with Crippen molar-refractivity contribution in [1.29, 1.82) is 0 Å². The Morgan fingerprint density at radius 1 is 1.25 bits per heavy atom. The third kappa shape index (κ3) is 3.57. The third-order valence-corrected chi connectivity index (χ3v) is 8.28. The van der Waals surface area contributed by atoms with Gasteiger partial charge in [0.2, 0.25) is 5.91 Å². The van der Waals surface area contributed by atoms with E-state index < -0.39 is 0 Å². The molecule has 0 spiro atoms. The summed E-state index contributed by atoms with van der Waals surface area (Å²) in [5.41, 5.74) is 2.84. The second-order valence-corrected chi connectivity index (χ2v) is 10.8. The van der Waals surface area contributed by atoms with E-state index in [9.17, 15) is 9.18 Å². The van der Waals surface area contributed by atoms with Gasteiger partial charge in [-0.3, -0.25) is 9.20 Å². The van der Waals surface area contributed by atoms with Crippen LogP contribution in [0.15, 0.2) is 29.4 Å². The lowest BCUT2D eigenvalue weighted by Crippen LogP contribution is -2.14. The Balaban J connectivity index is 1.33. The Morgan fingerprint density at radius 3 is 2.84 bits per heavy atom. The van der Waals surface area contributed by atoms with Gasteiger partial charge in [-0.15, -0.1) is 21.5 Å². The van der Waals surface area contributed by atoms with Crippen LogP contribution in [0, 0.1) is 11.7 Å². The first-order valence-corrected chi connectivity index (χ1v) is 12.7. The summed E-state index contributed by atoms with van der Waals surface area (Å²) in [4.78, 5) is 20.1. The van der Waals surface area contributed by atoms with Crippen LogP contribution in [0.3, 0.4) is 0 Å². The number of thiophene rings is 1. The number of hydrogen-bond donors (Lipinski definition) is 1. The van der Waals surface area contributed by atoms with E-state index in [4.69, 9.17) is 4.98 Å². The summed E-state index contributed by atoms with van der Waals surface area (Å²) in [6, 6.07) is 5.76. The SMILES string of the molecule is CC1CCc2c(sc3nc(C4CC4)n4c(SCC(=O)Nc5ccc(F)cc5)nnc4c23)C1. The Bertz CT molecular complexity index is 1340. The fourth-order valence-corrected chi connectivity index (χ4v) is 6.53. The molecule has 0 bridgehead atoms. The summed E-state index contributed by atoms with van der Waals surface area (Å²) in [7, 11) is 0. The van der Waals surface area contributed by atoms with Crippen molar-refractivity contribution in [2.75, 3.05) is 11.1 Å². The van der Waals surface area contributed by atoms with Crippen molar-refractivity contribution < 1.29 is 9.18 Å². The molecule has 164 valence electrons. The predicted molar refractivity (Wildman–Crippen MR) is 125 cm³/mol. The lowest BCUT2D eigenvalue weighted by atomic mass is 9.89. The molecular weight excluding hydrogens is 445 g/mol. The van der Waals surface area contributed by atoms with Crippen LogP contribution < -0.4 is 5.32 Å². The van der Waals surface area contributed by atoms with Crippen molar-refractivity contribution in [2.45, 2.75) is 50.1 Å². The number of rotatable bonds is 5. The van der Waals surface area contributed by atoms with Gasteiger partial charge in [-0.25, -0.2) is 9.37 Å². The Morgan fingerprint density at radius 2 is 2.06 bits per heavy atom. The van der Waals surface area contributed by atoms with Gasteiger partial charge >= 0.3 is 0 Å². The highest BCUT2D eigenvalue weighted by Crippen LogP contribution is 2.44. The van der Waals surface area contributed by atoms with Crippen molar-refractivity contribution in [2.24, 2.45) is 5.92 Å². The number of amides is 1. The van der Waals surface area contributed by atoms with E-state index in [-0.39, 0.29) is 17.5 Å². The van der Waals surface area contributed by atoms with Crippen LogP contribution in [0.5, 0.6) is 0 Å². The molecule has 0 aliphatic heterocycles. The average molecular weight is 468 g/mol. The molecule has 1 unspecified atom stereocenters. The quantitative estimate of drug-likeness (QED) is 0.408. The number of hydrogen-bond acceptors (Lipinski definition) is 6. The number of aryl methyl sites for hydroxylation is 1. The highest BCUT2D eigenvalue weighted by Gasteiger charge is 2.32. The Hall–Kier alpha value is -2.52. The van der Waals surface area contributed by atoms with E-state index >= 15 is 0 Å². The summed E-state index contributed by atoms with van der Waals surface area (Å²) >= 11 is 3.18. The largest absolute Gasteiger partial charge is 0.325 e. The third-order valence-electron chi connectivity index (χ3n) is 6.20. The molecular formula is C23H22FN5OS2. The predicted octanol–water partition coefficient (Wildman–Crippen LogP) is 5.21. The summed E-state index contributed by atoms with van der Waals surface area (Å²) in [6.45, 7) is 2.31. The van der Waals surface area contributed by atoms with Gasteiger partial charge in [0.25, 0.3) is 0 Å². The van der Waals surface area contributed by atoms with Gasteiger partial charge in [0.05, 0.1) is 11.1 Å². The first kappa shape index (κ1) is 20.1. The van der Waals surface area contributed by atoms with Crippen molar-refractivity contribution in [1.82, 2.24) is 19.6 Å². The second-order valence-electron chi connectivity index (χ2n) is 8.76. The number of carbonyl (C=O) groups excluding carboxylic acids is 1. The molecule has 0 radical (unpaired) electrons. The molecule has 3 heterocycles. The summed E-state index contributed by atoms with van der Waals surface area (Å²) < 4.78 is 15.2. The molecule has 1 saturated carbocycles. The van der Waals surface area contributed by atoms with Gasteiger partial charge in [-0.1, -0.05) is 18.7 Å². The van der Waals surface area contributed by atoms with Crippen LogP contribution in [0.4, 0.5) is 10.1 Å². The van der Waals surface area contributed by atoms with E-state index in [2.05, 4.69) is 26.8 Å². The van der Waals surface area contributed by atoms with Crippen LogP contribution in [-0.2, 0) is 17.6 Å². The van der Waals surface area contributed by atoms with E-state index in [0.717, 1.165) is 47.4 Å². The van der Waals surface area contributed by atoms with Gasteiger partial charge in [-0.05, 0) is 67.9 Å². The molecule has 6 rings (SSSR count). The van der Waals surface area contributed by atoms with Crippen LogP contribution in [0.1, 0.15) is 48.4 Å². The lowest BCUT2D eigenvalue weighted by molar-refractivity contribution is -0.113. The van der Waals surface area contributed by atoms with Crippen LogP contribution in [0.2, 0.25) is 0 Å². The van der Waals surface area contributed by atoms with Gasteiger partial charge in [0.15, 0.2) is 10.8 Å². The fourth-order valence-electron chi connectivity index (χ4n) is 4.41. The number of aromatic nitrogens is 4. The Labute approximate surface area is 192 Å². The second kappa shape index (κ2) is 7.81. The fraction of sp³-hybridized carbons (Fsp3) is 0.391. The van der Waals surface area contributed by atoms with Crippen molar-refractivity contribution in [3.63, 3.8) is 0 Å². The first-order chi connectivity index (χ1) is 15.6. The smallest absolute Gasteiger partial charge is 0.234 e. The molecule has 4 aromatic rings. The molecule has 1 atom stereocenters. The number of nitrogens with one attached hydrogen (secondary N) is 1. The average Bonchev–Trinajstić information content (AvgIpc) is 3.44. The number of halogens is 1. The molecule has 1 fully saturated rings. The van der Waals surface area contributed by atoms with Gasteiger partial charge in [0, 0.05) is 16.5 Å². The maximum Gasteiger partial charge on any atom is 0.234 e. The highest BCUT2D eigenvalue weighted by atomic mass is 32.2. The molecule has 1 aromatic carbocycles. The summed E-state index contributed by atoms with van der Waals surface area (Å²) in [5.74, 6) is 1.86. The molecule has 2 aliphatic rings. The minimum atomic E-state index is -0.330. The van der Waals surface area contributed by atoms with Crippen LogP contribution in [0.25, 0.3) is 15.9 Å². The van der Waals surface area contributed by atoms with Gasteiger partial charge < -0.3 is 5.32 Å².